The molecular formula is C4H3N3O5. The smallest absolute Gasteiger partial charge is 0.414 e. The summed E-state index contributed by atoms with van der Waals surface area (Å²) in [6, 6.07) is -0.519. The second kappa shape index (κ2) is 4.66. The van der Waals surface area contributed by atoms with Gasteiger partial charge in [0.1, 0.15) is 6.34 Å². The lowest BCUT2D eigenvalue weighted by molar-refractivity contribution is -0.159. The van der Waals surface area contributed by atoms with Crippen LogP contribution in [0.5, 0.6) is 0 Å². The highest BCUT2D eigenvalue weighted by Crippen LogP contribution is 1.87. The zero-order valence-corrected chi connectivity index (χ0v) is 5.54. The summed E-state index contributed by atoms with van der Waals surface area (Å²) in [5.41, 5.74) is 0. The van der Waals surface area contributed by atoms with Crippen molar-refractivity contribution in [2.24, 2.45) is 15.2 Å². The van der Waals surface area contributed by atoms with Crippen LogP contribution in [0.3, 0.4) is 0 Å². The summed E-state index contributed by atoms with van der Waals surface area (Å²) < 4.78 is 0. The molecular weight excluding hydrogens is 170 g/mol. The van der Waals surface area contributed by atoms with Gasteiger partial charge in [0.15, 0.2) is 0 Å². The lowest BCUT2D eigenvalue weighted by atomic mass is 10.7. The van der Waals surface area contributed by atoms with Crippen molar-refractivity contribution >= 4 is 24.3 Å². The van der Waals surface area contributed by atoms with Gasteiger partial charge >= 0.3 is 18.0 Å². The van der Waals surface area contributed by atoms with Gasteiger partial charge in [-0.1, -0.05) is 5.11 Å². The lowest BCUT2D eigenvalue weighted by Crippen LogP contribution is -2.09. The Hall–Kier alpha value is -2.12. The molecule has 0 unspecified atom stereocenters. The van der Waals surface area contributed by atoms with Crippen LogP contribution in [0.25, 0.3) is 0 Å². The summed E-state index contributed by atoms with van der Waals surface area (Å²) in [7, 11) is 0. The van der Waals surface area contributed by atoms with Gasteiger partial charge in [0.25, 0.3) is 0 Å². The van der Waals surface area contributed by atoms with E-state index < -0.39 is 18.0 Å². The van der Waals surface area contributed by atoms with Crippen molar-refractivity contribution in [3.8, 4) is 0 Å². The minimum absolute atomic E-state index is 0.519. The first-order valence-corrected chi connectivity index (χ1v) is 2.47. The maximum Gasteiger partial charge on any atom is 0.414 e. The fourth-order valence-electron chi connectivity index (χ4n) is 0.176. The first-order chi connectivity index (χ1) is 5.54. The number of urea groups is 1. The van der Waals surface area contributed by atoms with Crippen molar-refractivity contribution in [2.45, 2.75) is 0 Å². The van der Waals surface area contributed by atoms with Crippen LogP contribution < -0.4 is 0 Å². The van der Waals surface area contributed by atoms with Gasteiger partial charge in [-0.3, -0.25) is 0 Å². The molecule has 0 radical (unpaired) electrons. The molecule has 64 valence electrons. The summed E-state index contributed by atoms with van der Waals surface area (Å²) >= 11 is 0. The van der Waals surface area contributed by atoms with Crippen molar-refractivity contribution in [1.82, 2.24) is 0 Å². The van der Waals surface area contributed by atoms with Crippen LogP contribution >= 0.6 is 0 Å². The van der Waals surface area contributed by atoms with Gasteiger partial charge in [0.05, 0.1) is 0 Å². The molecule has 0 aliphatic carbocycles. The molecule has 1 aliphatic rings. The maximum atomic E-state index is 9.78. The fraction of sp³-hybridized carbons (Fsp3) is 0. The van der Waals surface area contributed by atoms with E-state index in [1.807, 2.05) is 0 Å². The van der Waals surface area contributed by atoms with E-state index in [1.54, 1.807) is 0 Å². The van der Waals surface area contributed by atoms with Crippen molar-refractivity contribution in [3.63, 3.8) is 0 Å². The summed E-state index contributed by atoms with van der Waals surface area (Å²) in [6.07, 6.45) is 1.11. The minimum Gasteiger partial charge on any atom is -0.473 e. The zero-order valence-electron chi connectivity index (χ0n) is 5.54. The number of rotatable bonds is 0. The van der Waals surface area contributed by atoms with Gasteiger partial charge in [0.2, 0.25) is 0 Å². The Morgan fingerprint density at radius 1 is 1.25 bits per heavy atom. The molecule has 8 heteroatoms. The number of nitrogens with zero attached hydrogens (tertiary/aromatic N) is 3. The second-order valence-electron chi connectivity index (χ2n) is 1.35. The predicted molar refractivity (Wildman–Crippen MR) is 34.0 cm³/mol. The minimum atomic E-state index is -1.82. The van der Waals surface area contributed by atoms with Crippen molar-refractivity contribution in [3.05, 3.63) is 0 Å². The van der Waals surface area contributed by atoms with E-state index in [0.29, 0.717) is 0 Å². The highest BCUT2D eigenvalue weighted by molar-refractivity contribution is 6.27. The van der Waals surface area contributed by atoms with E-state index in [1.165, 1.54) is 0 Å². The van der Waals surface area contributed by atoms with Gasteiger partial charge in [-0.2, -0.15) is 4.99 Å². The van der Waals surface area contributed by atoms with Crippen LogP contribution in [0.1, 0.15) is 0 Å². The molecule has 0 aromatic heterocycles. The average Bonchev–Trinajstić information content (AvgIpc) is 2.40. The molecule has 0 atom stereocenters. The van der Waals surface area contributed by atoms with E-state index >= 15 is 0 Å². The van der Waals surface area contributed by atoms with Gasteiger partial charge < -0.3 is 10.2 Å². The number of aliphatic imine (C=N–C) groups is 1. The number of carbonyl (C=O) groups excluding carboxylic acids is 1. The molecule has 2 N–H and O–H groups in total. The standard InChI is InChI=1S/C2HN3O.C2H2O4/c6-2-3-1-4-5-2;3-1(4)2(5)6/h1H;(H,3,4)(H,5,6). The Morgan fingerprint density at radius 2 is 1.75 bits per heavy atom. The Morgan fingerprint density at radius 3 is 1.83 bits per heavy atom. The molecule has 8 nitrogen and oxygen atoms in total. The molecule has 1 rings (SSSR count). The molecule has 2 amide bonds. The number of carboxylic acid groups (broad SMARTS) is 2. The lowest BCUT2D eigenvalue weighted by Gasteiger charge is -1.72. The molecule has 0 spiro atoms. The fourth-order valence-corrected chi connectivity index (χ4v) is 0.176. The molecule has 0 saturated carbocycles. The molecule has 1 aliphatic heterocycles. The summed E-state index contributed by atoms with van der Waals surface area (Å²) in [5.74, 6) is -3.65. The molecule has 1 heterocycles. The number of carboxylic acids is 2. The Labute approximate surface area is 65.2 Å². The Balaban J connectivity index is 0.000000202. The highest BCUT2D eigenvalue weighted by Gasteiger charge is 2.04. The third kappa shape index (κ3) is 4.73. The summed E-state index contributed by atoms with van der Waals surface area (Å²) in [5, 5.41) is 20.9. The topological polar surface area (TPSA) is 129 Å². The molecule has 0 bridgehead atoms. The van der Waals surface area contributed by atoms with Crippen LogP contribution in [0.15, 0.2) is 15.2 Å². The third-order valence-corrected chi connectivity index (χ3v) is 0.546. The van der Waals surface area contributed by atoms with Crippen molar-refractivity contribution < 1.29 is 24.6 Å². The number of carbonyl (C=O) groups is 3. The van der Waals surface area contributed by atoms with E-state index in [9.17, 15) is 4.79 Å². The van der Waals surface area contributed by atoms with Crippen molar-refractivity contribution in [2.75, 3.05) is 0 Å². The third-order valence-electron chi connectivity index (χ3n) is 0.546. The number of hydrogen-bond acceptors (Lipinski definition) is 4. The highest BCUT2D eigenvalue weighted by atomic mass is 16.4. The number of amides is 2. The van der Waals surface area contributed by atoms with Crippen LogP contribution in [-0.2, 0) is 9.59 Å². The quantitative estimate of drug-likeness (QED) is 0.488. The maximum absolute atomic E-state index is 9.78. The van der Waals surface area contributed by atoms with Crippen LogP contribution in [0.2, 0.25) is 0 Å². The van der Waals surface area contributed by atoms with Gasteiger partial charge in [-0.25, -0.2) is 14.4 Å². The zero-order chi connectivity index (χ0) is 9.56. The van der Waals surface area contributed by atoms with E-state index in [2.05, 4.69) is 15.2 Å². The molecule has 0 aromatic carbocycles. The molecule has 0 aromatic rings. The molecule has 0 saturated heterocycles. The molecule has 12 heavy (non-hydrogen) atoms. The van der Waals surface area contributed by atoms with E-state index in [-0.39, 0.29) is 0 Å². The first kappa shape index (κ1) is 9.88. The van der Waals surface area contributed by atoms with Crippen LogP contribution in [0, 0.1) is 0 Å². The van der Waals surface area contributed by atoms with Crippen LogP contribution in [-0.4, -0.2) is 34.5 Å². The van der Waals surface area contributed by atoms with Crippen LogP contribution in [0.4, 0.5) is 4.79 Å². The SMILES string of the molecule is O=C(O)C(=O)O.O=C1N=CN=N1. The number of aliphatic carboxylic acids is 2. The van der Waals surface area contributed by atoms with E-state index in [0.717, 1.165) is 6.34 Å². The van der Waals surface area contributed by atoms with Crippen molar-refractivity contribution in [1.29, 1.82) is 0 Å². The second-order valence-corrected chi connectivity index (χ2v) is 1.35. The largest absolute Gasteiger partial charge is 0.473 e. The predicted octanol–water partition coefficient (Wildman–Crippen LogP) is -0.244. The number of hydrogen-bond donors (Lipinski definition) is 2. The molecule has 0 fully saturated rings. The Bertz CT molecular complexity index is 242. The summed E-state index contributed by atoms with van der Waals surface area (Å²) in [6.45, 7) is 0. The van der Waals surface area contributed by atoms with Gasteiger partial charge in [-0.15, -0.1) is 5.11 Å². The number of azo groups is 1. The first-order valence-electron chi connectivity index (χ1n) is 2.47. The van der Waals surface area contributed by atoms with Gasteiger partial charge in [0, 0.05) is 0 Å². The Kier molecular flexibility index (Phi) is 3.84. The van der Waals surface area contributed by atoms with E-state index in [4.69, 9.17) is 19.8 Å². The van der Waals surface area contributed by atoms with Gasteiger partial charge in [-0.05, 0) is 0 Å². The monoisotopic (exact) mass is 173 g/mol. The average molecular weight is 173 g/mol. The summed E-state index contributed by atoms with van der Waals surface area (Å²) in [4.78, 5) is 31.1. The normalized spacial score (nSPS) is 12.2.